The molecule has 3 nitrogen and oxygen atoms in total. The van der Waals surface area contributed by atoms with Crippen molar-refractivity contribution in [2.24, 2.45) is 0 Å². The van der Waals surface area contributed by atoms with E-state index in [1.807, 2.05) is 16.8 Å². The third-order valence-electron chi connectivity index (χ3n) is 2.20. The second-order valence-corrected chi connectivity index (χ2v) is 3.70. The molecule has 15 heavy (non-hydrogen) atoms. The van der Waals surface area contributed by atoms with Gasteiger partial charge in [-0.25, -0.2) is 4.98 Å². The number of pyridine rings is 1. The van der Waals surface area contributed by atoms with Crippen molar-refractivity contribution < 1.29 is 0 Å². The first-order valence-corrected chi connectivity index (χ1v) is 5.33. The van der Waals surface area contributed by atoms with Crippen LogP contribution in [0.1, 0.15) is 19.2 Å². The van der Waals surface area contributed by atoms with Gasteiger partial charge in [-0.2, -0.15) is 0 Å². The summed E-state index contributed by atoms with van der Waals surface area (Å²) in [6.45, 7) is 2.13. The molecule has 0 spiro atoms. The molecule has 0 saturated heterocycles. The smallest absolute Gasteiger partial charge is 0.113 e. The zero-order valence-corrected chi connectivity index (χ0v) is 9.28. The lowest BCUT2D eigenvalue weighted by Crippen LogP contribution is -2.00. The fraction of sp³-hybridized carbons (Fsp3) is 0.273. The number of halogens is 1. The van der Waals surface area contributed by atoms with Crippen molar-refractivity contribution in [2.75, 3.05) is 0 Å². The number of nitrogens with zero attached hydrogens (tertiary/aromatic N) is 3. The molecular weight excluding hydrogens is 210 g/mol. The Hall–Kier alpha value is -1.35. The van der Waals surface area contributed by atoms with Crippen LogP contribution in [0.25, 0.3) is 5.69 Å². The summed E-state index contributed by atoms with van der Waals surface area (Å²) in [6.07, 6.45) is 9.11. The average molecular weight is 222 g/mol. The highest BCUT2D eigenvalue weighted by Crippen LogP contribution is 2.20. The van der Waals surface area contributed by atoms with Gasteiger partial charge in [0.1, 0.15) is 5.82 Å². The third-order valence-corrected chi connectivity index (χ3v) is 2.49. The molecule has 0 aliphatic carbocycles. The highest BCUT2D eigenvalue weighted by Gasteiger charge is 2.06. The van der Waals surface area contributed by atoms with Crippen molar-refractivity contribution >= 4 is 11.6 Å². The van der Waals surface area contributed by atoms with Crippen molar-refractivity contribution in [1.82, 2.24) is 14.5 Å². The molecule has 0 atom stereocenters. The Labute approximate surface area is 93.7 Å². The van der Waals surface area contributed by atoms with E-state index in [9.17, 15) is 0 Å². The van der Waals surface area contributed by atoms with E-state index in [1.165, 1.54) is 0 Å². The van der Waals surface area contributed by atoms with E-state index in [-0.39, 0.29) is 0 Å². The molecule has 2 heterocycles. The van der Waals surface area contributed by atoms with E-state index in [2.05, 4.69) is 16.9 Å². The van der Waals surface area contributed by atoms with Crippen LogP contribution in [0, 0.1) is 0 Å². The first-order valence-electron chi connectivity index (χ1n) is 4.95. The SMILES string of the molecule is CCCc1nccn1-c1ccncc1Cl. The Bertz CT molecular complexity index is 451. The maximum Gasteiger partial charge on any atom is 0.113 e. The lowest BCUT2D eigenvalue weighted by molar-refractivity contribution is 0.808. The Morgan fingerprint density at radius 3 is 3.00 bits per heavy atom. The first kappa shape index (κ1) is 10.2. The van der Waals surface area contributed by atoms with Gasteiger partial charge in [0, 0.05) is 31.2 Å². The van der Waals surface area contributed by atoms with Crippen LogP contribution in [0.2, 0.25) is 5.02 Å². The van der Waals surface area contributed by atoms with Crippen LogP contribution in [-0.4, -0.2) is 14.5 Å². The summed E-state index contributed by atoms with van der Waals surface area (Å²) in [6, 6.07) is 1.89. The van der Waals surface area contributed by atoms with E-state index in [4.69, 9.17) is 11.6 Å². The van der Waals surface area contributed by atoms with Crippen molar-refractivity contribution in [1.29, 1.82) is 0 Å². The summed E-state index contributed by atoms with van der Waals surface area (Å²) in [4.78, 5) is 8.27. The summed E-state index contributed by atoms with van der Waals surface area (Å²) in [5, 5.41) is 0.646. The molecule has 0 amide bonds. The molecule has 2 rings (SSSR count). The number of hydrogen-bond donors (Lipinski definition) is 0. The molecule has 0 N–H and O–H groups in total. The normalized spacial score (nSPS) is 10.5. The highest BCUT2D eigenvalue weighted by atomic mass is 35.5. The molecule has 2 aromatic heterocycles. The predicted octanol–water partition coefficient (Wildman–Crippen LogP) is 2.87. The summed E-state index contributed by atoms with van der Waals surface area (Å²) >= 11 is 6.08. The maximum atomic E-state index is 6.08. The summed E-state index contributed by atoms with van der Waals surface area (Å²) in [5.74, 6) is 1.03. The van der Waals surface area contributed by atoms with Crippen LogP contribution in [-0.2, 0) is 6.42 Å². The van der Waals surface area contributed by atoms with Gasteiger partial charge < -0.3 is 4.57 Å². The lowest BCUT2D eigenvalue weighted by Gasteiger charge is -2.08. The number of aromatic nitrogens is 3. The van der Waals surface area contributed by atoms with E-state index in [1.54, 1.807) is 18.6 Å². The molecule has 78 valence electrons. The topological polar surface area (TPSA) is 30.7 Å². The standard InChI is InChI=1S/C11H12ClN3/c1-2-3-11-14-6-7-15(11)10-4-5-13-8-9(10)12/h4-8H,2-3H2,1H3. The monoisotopic (exact) mass is 221 g/mol. The van der Waals surface area contributed by atoms with Crippen molar-refractivity contribution in [3.05, 3.63) is 41.7 Å². The molecule has 0 aliphatic rings. The van der Waals surface area contributed by atoms with Crippen LogP contribution in [0.5, 0.6) is 0 Å². The molecule has 2 aromatic rings. The van der Waals surface area contributed by atoms with Gasteiger partial charge in [-0.15, -0.1) is 0 Å². The lowest BCUT2D eigenvalue weighted by atomic mass is 10.3. The molecule has 0 saturated carbocycles. The number of hydrogen-bond acceptors (Lipinski definition) is 2. The molecule has 0 aromatic carbocycles. The van der Waals surface area contributed by atoms with E-state index in [0.29, 0.717) is 5.02 Å². The molecule has 0 aliphatic heterocycles. The van der Waals surface area contributed by atoms with Gasteiger partial charge in [0.15, 0.2) is 0 Å². The van der Waals surface area contributed by atoms with Gasteiger partial charge in [-0.05, 0) is 12.5 Å². The van der Waals surface area contributed by atoms with Crippen molar-refractivity contribution in [2.45, 2.75) is 19.8 Å². The molecular formula is C11H12ClN3. The second kappa shape index (κ2) is 4.45. The van der Waals surface area contributed by atoms with Crippen molar-refractivity contribution in [3.63, 3.8) is 0 Å². The minimum atomic E-state index is 0.646. The minimum Gasteiger partial charge on any atom is -0.302 e. The highest BCUT2D eigenvalue weighted by molar-refractivity contribution is 6.32. The van der Waals surface area contributed by atoms with Gasteiger partial charge in [0.05, 0.1) is 10.7 Å². The van der Waals surface area contributed by atoms with Gasteiger partial charge >= 0.3 is 0 Å². The second-order valence-electron chi connectivity index (χ2n) is 3.29. The Balaban J connectivity index is 2.45. The first-order chi connectivity index (χ1) is 7.33. The quantitative estimate of drug-likeness (QED) is 0.798. The minimum absolute atomic E-state index is 0.646. The van der Waals surface area contributed by atoms with E-state index >= 15 is 0 Å². The van der Waals surface area contributed by atoms with Gasteiger partial charge in [-0.1, -0.05) is 18.5 Å². The molecule has 0 bridgehead atoms. The third kappa shape index (κ3) is 2.02. The average Bonchev–Trinajstić information content (AvgIpc) is 2.67. The summed E-state index contributed by atoms with van der Waals surface area (Å²) < 4.78 is 2.01. The zero-order valence-electron chi connectivity index (χ0n) is 8.52. The molecule has 0 unspecified atom stereocenters. The Kier molecular flexibility index (Phi) is 3.02. The van der Waals surface area contributed by atoms with Crippen LogP contribution in [0.4, 0.5) is 0 Å². The van der Waals surface area contributed by atoms with Crippen LogP contribution >= 0.6 is 11.6 Å². The maximum absolute atomic E-state index is 6.08. The van der Waals surface area contributed by atoms with Crippen LogP contribution in [0.3, 0.4) is 0 Å². The summed E-state index contributed by atoms with van der Waals surface area (Å²) in [7, 11) is 0. The van der Waals surface area contributed by atoms with Gasteiger partial charge in [-0.3, -0.25) is 4.98 Å². The number of aryl methyl sites for hydroxylation is 1. The van der Waals surface area contributed by atoms with Crippen LogP contribution < -0.4 is 0 Å². The molecule has 0 radical (unpaired) electrons. The van der Waals surface area contributed by atoms with Gasteiger partial charge in [0.2, 0.25) is 0 Å². The fourth-order valence-electron chi connectivity index (χ4n) is 1.53. The number of imidazole rings is 1. The van der Waals surface area contributed by atoms with Crippen LogP contribution in [0.15, 0.2) is 30.9 Å². The Morgan fingerprint density at radius 1 is 1.40 bits per heavy atom. The van der Waals surface area contributed by atoms with E-state index < -0.39 is 0 Å². The fourth-order valence-corrected chi connectivity index (χ4v) is 1.74. The molecule has 4 heteroatoms. The zero-order chi connectivity index (χ0) is 10.7. The molecule has 0 fully saturated rings. The van der Waals surface area contributed by atoms with Crippen molar-refractivity contribution in [3.8, 4) is 5.69 Å². The van der Waals surface area contributed by atoms with Gasteiger partial charge in [0.25, 0.3) is 0 Å². The number of rotatable bonds is 3. The largest absolute Gasteiger partial charge is 0.302 e. The summed E-state index contributed by atoms with van der Waals surface area (Å²) in [5.41, 5.74) is 0.938. The van der Waals surface area contributed by atoms with E-state index in [0.717, 1.165) is 24.4 Å². The predicted molar refractivity (Wildman–Crippen MR) is 60.4 cm³/mol. The Morgan fingerprint density at radius 2 is 2.27 bits per heavy atom.